The predicted octanol–water partition coefficient (Wildman–Crippen LogP) is 2.14. The minimum absolute atomic E-state index is 0.0527. The number of halogens is 2. The number of nitriles is 1. The van der Waals surface area contributed by atoms with E-state index in [1.165, 1.54) is 28.9 Å². The van der Waals surface area contributed by atoms with Crippen molar-refractivity contribution < 1.29 is 4.39 Å². The molecule has 0 aliphatic rings. The summed E-state index contributed by atoms with van der Waals surface area (Å²) in [5.74, 6) is -0.543. The first-order valence-corrected chi connectivity index (χ1v) is 6.85. The lowest BCUT2D eigenvalue weighted by atomic mass is 10.1. The van der Waals surface area contributed by atoms with Gasteiger partial charge < -0.3 is 11.5 Å². The van der Waals surface area contributed by atoms with Crippen molar-refractivity contribution in [1.82, 2.24) is 14.6 Å². The Morgan fingerprint density at radius 2 is 2.00 bits per heavy atom. The number of benzene rings is 1. The third kappa shape index (κ3) is 2.56. The summed E-state index contributed by atoms with van der Waals surface area (Å²) in [5, 5.41) is 13.2. The normalized spacial score (nSPS) is 12.0. The van der Waals surface area contributed by atoms with Gasteiger partial charge in [0.15, 0.2) is 11.3 Å². The van der Waals surface area contributed by atoms with Gasteiger partial charge in [-0.25, -0.2) is 13.9 Å². The highest BCUT2D eigenvalue weighted by Crippen LogP contribution is 2.22. The molecule has 1 aromatic carbocycles. The molecular weight excluding hydrogens is 319 g/mol. The van der Waals surface area contributed by atoms with Gasteiger partial charge in [-0.2, -0.15) is 10.4 Å². The van der Waals surface area contributed by atoms with Gasteiger partial charge in [0.05, 0.1) is 22.6 Å². The average Bonchev–Trinajstić information content (AvgIpc) is 2.98. The molecule has 0 spiro atoms. The van der Waals surface area contributed by atoms with Crippen LogP contribution in [-0.2, 0) is 0 Å². The summed E-state index contributed by atoms with van der Waals surface area (Å²) in [4.78, 5) is 4.04. The molecule has 0 aliphatic heterocycles. The van der Waals surface area contributed by atoms with Gasteiger partial charge in [-0.05, 0) is 30.3 Å². The molecule has 0 radical (unpaired) electrons. The number of rotatable bonds is 2. The molecule has 0 saturated heterocycles. The minimum atomic E-state index is -0.543. The Balaban J connectivity index is 2.12. The summed E-state index contributed by atoms with van der Waals surface area (Å²) >= 11 is 5.75. The second kappa shape index (κ2) is 5.59. The van der Waals surface area contributed by atoms with E-state index >= 15 is 0 Å². The lowest BCUT2D eigenvalue weighted by Crippen LogP contribution is -2.11. The van der Waals surface area contributed by atoms with Gasteiger partial charge in [-0.15, -0.1) is 0 Å². The molecular formula is C15H10ClFN6. The van der Waals surface area contributed by atoms with Crippen LogP contribution < -0.4 is 11.5 Å². The van der Waals surface area contributed by atoms with E-state index in [1.54, 1.807) is 12.1 Å². The van der Waals surface area contributed by atoms with Crippen LogP contribution in [0.4, 0.5) is 4.39 Å². The van der Waals surface area contributed by atoms with E-state index in [4.69, 9.17) is 28.3 Å². The highest BCUT2D eigenvalue weighted by molar-refractivity contribution is 6.30. The number of hydrogen-bond acceptors (Lipinski definition) is 5. The van der Waals surface area contributed by atoms with Gasteiger partial charge in [0.2, 0.25) is 0 Å². The maximum atomic E-state index is 13.2. The van der Waals surface area contributed by atoms with Crippen LogP contribution in [0.25, 0.3) is 17.0 Å². The summed E-state index contributed by atoms with van der Waals surface area (Å²) in [7, 11) is 0. The van der Waals surface area contributed by atoms with Crippen molar-refractivity contribution in [1.29, 1.82) is 5.26 Å². The maximum absolute atomic E-state index is 13.2. The maximum Gasteiger partial charge on any atom is 0.162 e. The lowest BCUT2D eigenvalue weighted by molar-refractivity contribution is 0.628. The van der Waals surface area contributed by atoms with E-state index in [1.807, 2.05) is 6.07 Å². The molecule has 3 aromatic rings. The van der Waals surface area contributed by atoms with Crippen LogP contribution >= 0.6 is 11.6 Å². The molecule has 4 N–H and O–H groups in total. The third-order valence-corrected chi connectivity index (χ3v) is 3.56. The van der Waals surface area contributed by atoms with E-state index in [0.29, 0.717) is 16.9 Å². The summed E-state index contributed by atoms with van der Waals surface area (Å²) in [5.41, 5.74) is 14.1. The van der Waals surface area contributed by atoms with Crippen molar-refractivity contribution >= 4 is 28.6 Å². The SMILES string of the molecule is N#Cc1cnc2ccc(/C(N)=C(/N)c3ccc(F)c(Cl)c3)nn12. The number of aromatic nitrogens is 3. The van der Waals surface area contributed by atoms with Crippen molar-refractivity contribution in [3.8, 4) is 6.07 Å². The second-order valence-corrected chi connectivity index (χ2v) is 5.11. The fourth-order valence-corrected chi connectivity index (χ4v) is 2.23. The first-order chi connectivity index (χ1) is 11.0. The first kappa shape index (κ1) is 14.8. The number of hydrogen-bond donors (Lipinski definition) is 2. The molecule has 8 heteroatoms. The first-order valence-electron chi connectivity index (χ1n) is 6.47. The number of imidazole rings is 1. The number of nitrogens with zero attached hydrogens (tertiary/aromatic N) is 4. The largest absolute Gasteiger partial charge is 0.397 e. The van der Waals surface area contributed by atoms with Gasteiger partial charge in [-0.3, -0.25) is 0 Å². The molecule has 0 fully saturated rings. The Morgan fingerprint density at radius 1 is 1.22 bits per heavy atom. The Hall–Kier alpha value is -3.11. The van der Waals surface area contributed by atoms with Crippen LogP contribution in [0.2, 0.25) is 5.02 Å². The summed E-state index contributed by atoms with van der Waals surface area (Å²) in [6.45, 7) is 0. The molecule has 0 bridgehead atoms. The summed E-state index contributed by atoms with van der Waals surface area (Å²) in [6.07, 6.45) is 1.41. The third-order valence-electron chi connectivity index (χ3n) is 3.27. The zero-order chi connectivity index (χ0) is 16.6. The van der Waals surface area contributed by atoms with Crippen LogP contribution in [0, 0.1) is 17.1 Å². The molecule has 114 valence electrons. The molecule has 0 atom stereocenters. The van der Waals surface area contributed by atoms with Gasteiger partial charge in [0.1, 0.15) is 17.6 Å². The van der Waals surface area contributed by atoms with Crippen molar-refractivity contribution in [2.45, 2.75) is 0 Å². The Kier molecular flexibility index (Phi) is 3.60. The Bertz CT molecular complexity index is 985. The molecule has 2 aromatic heterocycles. The van der Waals surface area contributed by atoms with Crippen molar-refractivity contribution in [2.75, 3.05) is 0 Å². The monoisotopic (exact) mass is 328 g/mol. The summed E-state index contributed by atoms with van der Waals surface area (Å²) in [6, 6.07) is 9.35. The van der Waals surface area contributed by atoms with Gasteiger partial charge in [0.25, 0.3) is 0 Å². The molecule has 0 amide bonds. The average molecular weight is 329 g/mol. The van der Waals surface area contributed by atoms with E-state index in [-0.39, 0.29) is 22.1 Å². The van der Waals surface area contributed by atoms with E-state index < -0.39 is 5.82 Å². The molecule has 3 rings (SSSR count). The van der Waals surface area contributed by atoms with E-state index in [0.717, 1.165) is 0 Å². The zero-order valence-electron chi connectivity index (χ0n) is 11.7. The fourth-order valence-electron chi connectivity index (χ4n) is 2.05. The molecule has 2 heterocycles. The smallest absolute Gasteiger partial charge is 0.162 e. The molecule has 23 heavy (non-hydrogen) atoms. The van der Waals surface area contributed by atoms with Gasteiger partial charge in [0, 0.05) is 5.56 Å². The zero-order valence-corrected chi connectivity index (χ0v) is 12.4. The quantitative estimate of drug-likeness (QED) is 0.749. The topological polar surface area (TPSA) is 106 Å². The summed E-state index contributed by atoms with van der Waals surface area (Å²) < 4.78 is 14.6. The van der Waals surface area contributed by atoms with Gasteiger partial charge in [-0.1, -0.05) is 11.6 Å². The van der Waals surface area contributed by atoms with Crippen molar-refractivity contribution in [3.63, 3.8) is 0 Å². The van der Waals surface area contributed by atoms with E-state index in [9.17, 15) is 4.39 Å². The Labute approximate surface area is 135 Å². The number of nitrogens with two attached hydrogens (primary N) is 2. The van der Waals surface area contributed by atoms with Crippen LogP contribution in [0.5, 0.6) is 0 Å². The van der Waals surface area contributed by atoms with Gasteiger partial charge >= 0.3 is 0 Å². The lowest BCUT2D eigenvalue weighted by Gasteiger charge is -2.08. The van der Waals surface area contributed by atoms with Crippen LogP contribution in [-0.4, -0.2) is 14.6 Å². The Morgan fingerprint density at radius 3 is 2.70 bits per heavy atom. The van der Waals surface area contributed by atoms with Crippen LogP contribution in [0.15, 0.2) is 36.5 Å². The predicted molar refractivity (Wildman–Crippen MR) is 84.3 cm³/mol. The highest BCUT2D eigenvalue weighted by atomic mass is 35.5. The highest BCUT2D eigenvalue weighted by Gasteiger charge is 2.11. The second-order valence-electron chi connectivity index (χ2n) is 4.70. The fraction of sp³-hybridized carbons (Fsp3) is 0. The van der Waals surface area contributed by atoms with Crippen LogP contribution in [0.3, 0.4) is 0 Å². The molecule has 0 aliphatic carbocycles. The standard InChI is InChI=1S/C15H10ClFN6/c16-10-5-8(1-2-11(10)17)14(19)15(20)12-3-4-13-21-7-9(6-18)23(13)22-12/h1-5,7H,19-20H2/b15-14-. The van der Waals surface area contributed by atoms with Crippen molar-refractivity contribution in [2.24, 2.45) is 11.5 Å². The molecule has 6 nitrogen and oxygen atoms in total. The minimum Gasteiger partial charge on any atom is -0.397 e. The number of fused-ring (bicyclic) bond motifs is 1. The molecule has 0 unspecified atom stereocenters. The van der Waals surface area contributed by atoms with E-state index in [2.05, 4.69) is 10.1 Å². The molecule has 0 saturated carbocycles. The van der Waals surface area contributed by atoms with Crippen LogP contribution in [0.1, 0.15) is 17.0 Å². The van der Waals surface area contributed by atoms with Crippen molar-refractivity contribution in [3.05, 3.63) is 64.3 Å².